The van der Waals surface area contributed by atoms with Crippen LogP contribution in [0.1, 0.15) is 31.1 Å². The molecule has 0 aliphatic carbocycles. The van der Waals surface area contributed by atoms with Gasteiger partial charge in [0.25, 0.3) is 0 Å². The second-order valence-corrected chi connectivity index (χ2v) is 11.5. The number of halogens is 1. The summed E-state index contributed by atoms with van der Waals surface area (Å²) in [6.45, 7) is 3.16. The van der Waals surface area contributed by atoms with Crippen molar-refractivity contribution in [2.75, 3.05) is 13.1 Å². The van der Waals surface area contributed by atoms with Gasteiger partial charge >= 0.3 is 18.9 Å². The molecule has 1 unspecified atom stereocenters. The Morgan fingerprint density at radius 3 is 2.55 bits per heavy atom. The van der Waals surface area contributed by atoms with E-state index in [1.54, 1.807) is 25.4 Å². The summed E-state index contributed by atoms with van der Waals surface area (Å²) >= 11 is 0. The van der Waals surface area contributed by atoms with Crippen molar-refractivity contribution in [3.05, 3.63) is 42.1 Å². The van der Waals surface area contributed by atoms with Gasteiger partial charge in [-0.1, -0.05) is 18.2 Å². The molecule has 0 spiro atoms. The summed E-state index contributed by atoms with van der Waals surface area (Å²) in [5.74, 6) is -0.422. The Labute approximate surface area is 277 Å². The standard InChI is InChI=1S/C24H25B9FN6O3.Li.H/c1-13(41)23-19-5-15(16-8-35-14(2)36-9-16)3-4-20(19)40(38-23)12-22(42)39-11-18(34)6-21(39)24(43)37-10-17-7-30(17)33(31(26)27)32(28)29-25;;/h3-5,8-9,17-18,21H,6-7,10-12H2,1-2H3,(H,37,43);;/q;+1;-1/t17?,18-,21+;;/m1../s1. The van der Waals surface area contributed by atoms with Crippen LogP contribution in [0.4, 0.5) is 4.39 Å². The first-order chi connectivity index (χ1) is 20.5. The minimum Gasteiger partial charge on any atom is -1.00 e. The molecule has 2 saturated heterocycles. The molecule has 2 fully saturated rings. The smallest absolute Gasteiger partial charge is 1.00 e. The molecule has 4 heterocycles. The molecule has 1 N–H and O–H groups in total. The zero-order chi connectivity index (χ0) is 31.0. The number of nitrogens with zero attached hydrogens (tertiary/aromatic N) is 5. The van der Waals surface area contributed by atoms with E-state index >= 15 is 0 Å². The minimum absolute atomic E-state index is 0. The Morgan fingerprint density at radius 1 is 1.20 bits per heavy atom. The molecule has 2 aliphatic rings. The van der Waals surface area contributed by atoms with Crippen LogP contribution in [0, 0.1) is 6.92 Å². The molecule has 9 radical (unpaired) electrons. The van der Waals surface area contributed by atoms with Gasteiger partial charge in [-0.25, -0.2) is 14.4 Å². The number of likely N-dealkylation sites (tertiary alicyclic amines) is 1. The zero-order valence-electron chi connectivity index (χ0n) is 26.2. The quantitative estimate of drug-likeness (QED) is 0.187. The third kappa shape index (κ3) is 7.31. The van der Waals surface area contributed by atoms with Crippen molar-refractivity contribution in [2.24, 2.45) is 0 Å². The number of benzene rings is 1. The van der Waals surface area contributed by atoms with Crippen LogP contribution in [0.2, 0.25) is 12.1 Å². The zero-order valence-corrected chi connectivity index (χ0v) is 25.2. The van der Waals surface area contributed by atoms with Crippen LogP contribution in [0.15, 0.2) is 30.6 Å². The summed E-state index contributed by atoms with van der Waals surface area (Å²) in [7, 11) is 24.8. The molecule has 3 aromatic rings. The Balaban J connectivity index is 0.00000276. The maximum atomic E-state index is 14.6. The van der Waals surface area contributed by atoms with E-state index in [2.05, 4.69) is 20.4 Å². The van der Waals surface area contributed by atoms with E-state index in [1.807, 2.05) is 12.1 Å². The fourth-order valence-electron chi connectivity index (χ4n) is 6.09. The number of Topliss-reactive ketones (excluding diaryl/α,β-unsaturated/α-hetero) is 1. The fraction of sp³-hybridized carbons (Fsp3) is 0.417. The molecule has 2 amide bonds. The van der Waals surface area contributed by atoms with Gasteiger partial charge in [0.05, 0.1) is 18.7 Å². The van der Waals surface area contributed by atoms with Crippen LogP contribution in [-0.2, 0) is 16.1 Å². The van der Waals surface area contributed by atoms with Gasteiger partial charge in [0.15, 0.2) is 5.78 Å². The molecule has 9 nitrogen and oxygen atoms in total. The monoisotopic (exact) mass is 571 g/mol. The van der Waals surface area contributed by atoms with Crippen molar-refractivity contribution in [1.29, 1.82) is 0 Å². The van der Waals surface area contributed by atoms with E-state index in [1.165, 1.54) is 23.6 Å². The number of nitrogens with one attached hydrogen (secondary N) is 1. The molecular weight excluding hydrogens is 544 g/mol. The van der Waals surface area contributed by atoms with Gasteiger partial charge in [-0.05, 0) is 24.6 Å². The summed E-state index contributed by atoms with van der Waals surface area (Å²) in [6, 6.07) is 4.44. The van der Waals surface area contributed by atoms with Gasteiger partial charge in [0.1, 0.15) is 30.3 Å². The predicted octanol–water partition coefficient (Wildman–Crippen LogP) is -3.95. The number of amides is 2. The Bertz CT molecular complexity index is 1540. The summed E-state index contributed by atoms with van der Waals surface area (Å²) in [5.41, 5.74) is 2.33. The summed E-state index contributed by atoms with van der Waals surface area (Å²) in [5, 5.41) is 7.86. The van der Waals surface area contributed by atoms with Crippen LogP contribution in [-0.4, -0.2) is 131 Å². The van der Waals surface area contributed by atoms with E-state index in [4.69, 9.17) is 30.9 Å². The van der Waals surface area contributed by atoms with Crippen LogP contribution >= 0.6 is 0 Å². The number of rotatable bonds is 11. The predicted molar refractivity (Wildman–Crippen MR) is 175 cm³/mol. The number of carbonyl (C=O) groups excluding carboxylic acids is 3. The maximum Gasteiger partial charge on any atom is 1.00 e. The first-order valence-electron chi connectivity index (χ1n) is 14.3. The maximum absolute atomic E-state index is 14.6. The van der Waals surface area contributed by atoms with E-state index in [0.29, 0.717) is 23.3 Å². The average Bonchev–Trinajstić information content (AvgIpc) is 3.46. The molecule has 0 bridgehead atoms. The van der Waals surface area contributed by atoms with Crippen LogP contribution in [0.3, 0.4) is 0 Å². The summed E-state index contributed by atoms with van der Waals surface area (Å²) in [6.07, 6.45) is 1.38. The van der Waals surface area contributed by atoms with Gasteiger partial charge in [0, 0.05) is 100 Å². The molecular formula is C24H26B9FLiN6O3. The topological polar surface area (TPSA) is 110 Å². The normalized spacial score (nSPS) is 18.8. The van der Waals surface area contributed by atoms with Gasteiger partial charge in [-0.2, -0.15) is 5.10 Å². The van der Waals surface area contributed by atoms with Crippen molar-refractivity contribution in [3.8, 4) is 11.1 Å². The minimum atomic E-state index is -1.34. The third-order valence-corrected chi connectivity index (χ3v) is 8.48. The molecule has 5 rings (SSSR count). The molecule has 2 aliphatic heterocycles. The Morgan fingerprint density at radius 2 is 1.91 bits per heavy atom. The summed E-state index contributed by atoms with van der Waals surface area (Å²) in [4.78, 5) is 48.8. The van der Waals surface area contributed by atoms with E-state index in [0.717, 1.165) is 17.4 Å². The second kappa shape index (κ2) is 14.3. The summed E-state index contributed by atoms with van der Waals surface area (Å²) < 4.78 is 16.0. The van der Waals surface area contributed by atoms with Crippen molar-refractivity contribution < 1.29 is 39.1 Å². The van der Waals surface area contributed by atoms with E-state index in [9.17, 15) is 18.8 Å². The molecule has 0 saturated carbocycles. The first kappa shape index (κ1) is 34.4. The second-order valence-electron chi connectivity index (χ2n) is 11.5. The molecule has 205 valence electrons. The number of alkyl halides is 1. The van der Waals surface area contributed by atoms with Gasteiger partial charge in [-0.15, -0.1) is 0 Å². The van der Waals surface area contributed by atoms with Crippen LogP contribution in [0.25, 0.3) is 22.0 Å². The first-order valence-corrected chi connectivity index (χ1v) is 14.3. The molecule has 44 heavy (non-hydrogen) atoms. The van der Waals surface area contributed by atoms with E-state index < -0.39 is 36.8 Å². The number of ketones is 1. The molecule has 2 aromatic heterocycles. The number of aryl methyl sites for hydroxylation is 1. The van der Waals surface area contributed by atoms with Crippen LogP contribution < -0.4 is 24.2 Å². The Hall–Kier alpha value is -2.51. The molecule has 3 atom stereocenters. The largest absolute Gasteiger partial charge is 1.00 e. The van der Waals surface area contributed by atoms with Crippen molar-refractivity contribution >= 4 is 92.3 Å². The van der Waals surface area contributed by atoms with Crippen molar-refractivity contribution in [3.63, 3.8) is 0 Å². The number of hydrogen-bond donors (Lipinski definition) is 1. The van der Waals surface area contributed by atoms with Crippen LogP contribution in [0.5, 0.6) is 0 Å². The number of carbonyl (C=O) groups is 3. The SMILES string of the molecule is [B][B]B([B])B(B([B])[B])B1CC1CNC(=O)[C@@H]1C[C@@H](F)CN1C(=O)Cn1nc(C(C)=O)c2cc(-c3cnc(C)nc3)ccc21.[H-].[Li+]. The third-order valence-electron chi connectivity index (χ3n) is 8.48. The van der Waals surface area contributed by atoms with Gasteiger partial charge in [0.2, 0.25) is 11.8 Å². The molecule has 20 heteroatoms. The fourth-order valence-corrected chi connectivity index (χ4v) is 6.09. The van der Waals surface area contributed by atoms with E-state index in [-0.39, 0.29) is 70.1 Å². The number of aromatic nitrogens is 4. The van der Waals surface area contributed by atoms with Crippen molar-refractivity contribution in [2.45, 2.75) is 51.2 Å². The number of fused-ring (bicyclic) bond motifs is 1. The Kier molecular flexibility index (Phi) is 11.2. The molecule has 1 aromatic carbocycles. The van der Waals surface area contributed by atoms with Gasteiger partial charge in [-0.3, -0.25) is 19.1 Å². The number of hydrogen-bond acceptors (Lipinski definition) is 6. The van der Waals surface area contributed by atoms with Crippen molar-refractivity contribution in [1.82, 2.24) is 30.0 Å². The van der Waals surface area contributed by atoms with Gasteiger partial charge < -0.3 is 11.6 Å². The average molecular weight is 570 g/mol.